The van der Waals surface area contributed by atoms with Crippen LogP contribution in [0.2, 0.25) is 4.34 Å². The number of aliphatic hydroxyl groups excluding tert-OH is 1. The van der Waals surface area contributed by atoms with E-state index in [0.717, 1.165) is 28.5 Å². The molecule has 2 heterocycles. The van der Waals surface area contributed by atoms with Gasteiger partial charge in [0.05, 0.1) is 24.0 Å². The largest absolute Gasteiger partial charge is 0.395 e. The van der Waals surface area contributed by atoms with Crippen LogP contribution in [0.25, 0.3) is 0 Å². The van der Waals surface area contributed by atoms with E-state index in [4.69, 9.17) is 11.6 Å². The van der Waals surface area contributed by atoms with Crippen LogP contribution in [0, 0.1) is 0 Å². The normalized spacial score (nSPS) is 23.8. The molecule has 112 valence electrons. The molecule has 1 aromatic heterocycles. The number of rotatable bonds is 5. The Hall–Kier alpha value is -0.620. The molecule has 0 radical (unpaired) electrons. The molecule has 0 bridgehead atoms. The van der Waals surface area contributed by atoms with Crippen LogP contribution >= 0.6 is 22.9 Å². The first-order valence-electron chi connectivity index (χ1n) is 6.97. The van der Waals surface area contributed by atoms with Crippen molar-refractivity contribution in [3.63, 3.8) is 0 Å². The van der Waals surface area contributed by atoms with Gasteiger partial charge in [0.15, 0.2) is 0 Å². The lowest BCUT2D eigenvalue weighted by Gasteiger charge is -2.39. The van der Waals surface area contributed by atoms with Gasteiger partial charge in [0.2, 0.25) is 5.91 Å². The summed E-state index contributed by atoms with van der Waals surface area (Å²) in [6.07, 6.45) is 3.18. The van der Waals surface area contributed by atoms with Gasteiger partial charge in [0, 0.05) is 17.0 Å². The molecule has 1 aromatic rings. The first-order valence-corrected chi connectivity index (χ1v) is 8.17. The lowest BCUT2D eigenvalue weighted by atomic mass is 9.97. The van der Waals surface area contributed by atoms with E-state index in [0.29, 0.717) is 19.1 Å². The second-order valence-electron chi connectivity index (χ2n) is 5.27. The van der Waals surface area contributed by atoms with Crippen LogP contribution in [-0.2, 0) is 11.3 Å². The second kappa shape index (κ2) is 7.41. The number of carbonyl (C=O) groups is 1. The molecule has 1 saturated heterocycles. The number of thiophene rings is 1. The molecule has 2 N–H and O–H groups in total. The van der Waals surface area contributed by atoms with Crippen LogP contribution in [0.5, 0.6) is 0 Å². The highest BCUT2D eigenvalue weighted by Crippen LogP contribution is 2.23. The molecule has 2 rings (SSSR count). The number of amides is 1. The van der Waals surface area contributed by atoms with Gasteiger partial charge in [-0.1, -0.05) is 18.0 Å². The number of halogens is 1. The molecular formula is C14H21ClN2O2S. The molecule has 6 heteroatoms. The highest BCUT2D eigenvalue weighted by Gasteiger charge is 2.28. The molecule has 0 saturated carbocycles. The lowest BCUT2D eigenvalue weighted by molar-refractivity contribution is -0.124. The van der Waals surface area contributed by atoms with Crippen molar-refractivity contribution in [1.29, 1.82) is 0 Å². The number of hydrogen-bond acceptors (Lipinski definition) is 4. The topological polar surface area (TPSA) is 52.6 Å². The third-order valence-electron chi connectivity index (χ3n) is 3.82. The van der Waals surface area contributed by atoms with E-state index in [2.05, 4.69) is 17.1 Å². The van der Waals surface area contributed by atoms with Gasteiger partial charge in [0.1, 0.15) is 0 Å². The van der Waals surface area contributed by atoms with Gasteiger partial charge in [-0.05, 0) is 31.9 Å². The molecule has 1 fully saturated rings. The summed E-state index contributed by atoms with van der Waals surface area (Å²) in [4.78, 5) is 15.2. The summed E-state index contributed by atoms with van der Waals surface area (Å²) in [5, 5.41) is 12.3. The van der Waals surface area contributed by atoms with Gasteiger partial charge in [-0.15, -0.1) is 11.3 Å². The van der Waals surface area contributed by atoms with E-state index in [1.165, 1.54) is 11.3 Å². The predicted octanol–water partition coefficient (Wildman–Crippen LogP) is 2.25. The molecule has 0 aromatic carbocycles. The maximum atomic E-state index is 12.0. The van der Waals surface area contributed by atoms with Gasteiger partial charge in [0.25, 0.3) is 0 Å². The maximum Gasteiger partial charge on any atom is 0.234 e. The number of aliphatic hydroxyl groups is 1. The Bertz CT molecular complexity index is 452. The Morgan fingerprint density at radius 2 is 2.35 bits per heavy atom. The molecular weight excluding hydrogens is 296 g/mol. The van der Waals surface area contributed by atoms with Crippen molar-refractivity contribution in [3.05, 3.63) is 21.3 Å². The highest BCUT2D eigenvalue weighted by molar-refractivity contribution is 7.16. The SMILES string of the molecule is CC1CCCC(CO)N1CC(=O)NCc1ccc(Cl)s1. The summed E-state index contributed by atoms with van der Waals surface area (Å²) in [5.74, 6) is 0.00159. The standard InChI is InChI=1S/C14H21ClN2O2S/c1-10-3-2-4-11(9-18)17(10)8-14(19)16-7-12-5-6-13(15)20-12/h5-6,10-11,18H,2-4,7-9H2,1H3,(H,16,19). The number of nitrogens with one attached hydrogen (secondary N) is 1. The van der Waals surface area contributed by atoms with E-state index < -0.39 is 0 Å². The fourth-order valence-corrected chi connectivity index (χ4v) is 3.70. The third kappa shape index (κ3) is 4.19. The van der Waals surface area contributed by atoms with Gasteiger partial charge in [-0.3, -0.25) is 9.69 Å². The highest BCUT2D eigenvalue weighted by atomic mass is 35.5. The van der Waals surface area contributed by atoms with Crippen molar-refractivity contribution in [2.45, 2.75) is 44.8 Å². The second-order valence-corrected chi connectivity index (χ2v) is 7.07. The Labute approximate surface area is 128 Å². The number of carbonyl (C=O) groups excluding carboxylic acids is 1. The first kappa shape index (κ1) is 15.8. The van der Waals surface area contributed by atoms with Crippen LogP contribution in [0.1, 0.15) is 31.1 Å². The number of likely N-dealkylation sites (tertiary alicyclic amines) is 1. The minimum absolute atomic E-state index is 0.00159. The van der Waals surface area contributed by atoms with Crippen LogP contribution < -0.4 is 5.32 Å². The molecule has 1 aliphatic heterocycles. The van der Waals surface area contributed by atoms with Crippen LogP contribution in [0.3, 0.4) is 0 Å². The Kier molecular flexibility index (Phi) is 5.84. The first-order chi connectivity index (χ1) is 9.60. The monoisotopic (exact) mass is 316 g/mol. The summed E-state index contributed by atoms with van der Waals surface area (Å²) < 4.78 is 0.735. The molecule has 1 amide bonds. The molecule has 1 aliphatic rings. The van der Waals surface area contributed by atoms with Crippen molar-refractivity contribution in [2.24, 2.45) is 0 Å². The molecule has 20 heavy (non-hydrogen) atoms. The van der Waals surface area contributed by atoms with Crippen LogP contribution in [0.4, 0.5) is 0 Å². The smallest absolute Gasteiger partial charge is 0.234 e. The zero-order valence-electron chi connectivity index (χ0n) is 11.6. The molecule has 2 unspecified atom stereocenters. The third-order valence-corrected chi connectivity index (χ3v) is 5.05. The molecule has 4 nitrogen and oxygen atoms in total. The Morgan fingerprint density at radius 1 is 1.55 bits per heavy atom. The minimum atomic E-state index is 0.00159. The van der Waals surface area contributed by atoms with Crippen LogP contribution in [0.15, 0.2) is 12.1 Å². The number of piperidine rings is 1. The molecule has 2 atom stereocenters. The number of hydrogen-bond donors (Lipinski definition) is 2. The van der Waals surface area contributed by atoms with Crippen molar-refractivity contribution in [1.82, 2.24) is 10.2 Å². The fourth-order valence-electron chi connectivity index (χ4n) is 2.68. The maximum absolute atomic E-state index is 12.0. The Morgan fingerprint density at radius 3 is 3.00 bits per heavy atom. The zero-order chi connectivity index (χ0) is 14.5. The van der Waals surface area contributed by atoms with Crippen molar-refractivity contribution >= 4 is 28.8 Å². The lowest BCUT2D eigenvalue weighted by Crippen LogP contribution is -2.51. The summed E-state index contributed by atoms with van der Waals surface area (Å²) in [6.45, 7) is 3.11. The van der Waals surface area contributed by atoms with Crippen LogP contribution in [-0.4, -0.2) is 41.1 Å². The fraction of sp³-hybridized carbons (Fsp3) is 0.643. The van der Waals surface area contributed by atoms with Gasteiger partial charge in [-0.25, -0.2) is 0 Å². The van der Waals surface area contributed by atoms with E-state index in [1.807, 2.05) is 12.1 Å². The van der Waals surface area contributed by atoms with E-state index >= 15 is 0 Å². The van der Waals surface area contributed by atoms with Gasteiger partial charge >= 0.3 is 0 Å². The van der Waals surface area contributed by atoms with E-state index in [1.54, 1.807) is 0 Å². The summed E-state index contributed by atoms with van der Waals surface area (Å²) >= 11 is 7.34. The van der Waals surface area contributed by atoms with Crippen molar-refractivity contribution < 1.29 is 9.90 Å². The van der Waals surface area contributed by atoms with Gasteiger partial charge < -0.3 is 10.4 Å². The summed E-state index contributed by atoms with van der Waals surface area (Å²) in [6, 6.07) is 4.22. The average molecular weight is 317 g/mol. The number of nitrogens with zero attached hydrogens (tertiary/aromatic N) is 1. The summed E-state index contributed by atoms with van der Waals surface area (Å²) in [7, 11) is 0. The molecule has 0 aliphatic carbocycles. The minimum Gasteiger partial charge on any atom is -0.395 e. The van der Waals surface area contributed by atoms with Crippen molar-refractivity contribution in [2.75, 3.05) is 13.2 Å². The van der Waals surface area contributed by atoms with E-state index in [-0.39, 0.29) is 18.6 Å². The quantitative estimate of drug-likeness (QED) is 0.876. The average Bonchev–Trinajstić information content (AvgIpc) is 2.84. The summed E-state index contributed by atoms with van der Waals surface area (Å²) in [5.41, 5.74) is 0. The van der Waals surface area contributed by atoms with E-state index in [9.17, 15) is 9.90 Å². The Balaban J connectivity index is 1.83. The molecule has 0 spiro atoms. The predicted molar refractivity (Wildman–Crippen MR) is 82.1 cm³/mol. The zero-order valence-corrected chi connectivity index (χ0v) is 13.2. The van der Waals surface area contributed by atoms with Gasteiger partial charge in [-0.2, -0.15) is 0 Å². The van der Waals surface area contributed by atoms with Crippen molar-refractivity contribution in [3.8, 4) is 0 Å².